The van der Waals surface area contributed by atoms with Gasteiger partial charge in [0.2, 0.25) is 5.91 Å². The van der Waals surface area contributed by atoms with Crippen LogP contribution in [0.15, 0.2) is 12.1 Å². The molecule has 4 rings (SSSR count). The second-order valence-corrected chi connectivity index (χ2v) is 9.21. The predicted octanol–water partition coefficient (Wildman–Crippen LogP) is 2.57. The average Bonchev–Trinajstić information content (AvgIpc) is 3.31. The second-order valence-electron chi connectivity index (χ2n) is 7.92. The number of piperidine rings is 1. The fourth-order valence-electron chi connectivity index (χ4n) is 4.97. The quantitative estimate of drug-likeness (QED) is 0.823. The van der Waals surface area contributed by atoms with Gasteiger partial charge in [-0.25, -0.2) is 0 Å². The van der Waals surface area contributed by atoms with Crippen LogP contribution in [0.25, 0.3) is 0 Å². The molecular weight excluding hydrogens is 370 g/mol. The first-order valence-corrected chi connectivity index (χ1v) is 10.3. The molecule has 0 aromatic carbocycles. The summed E-state index contributed by atoms with van der Waals surface area (Å²) in [6.45, 7) is 3.47. The van der Waals surface area contributed by atoms with Gasteiger partial charge >= 0.3 is 0 Å². The number of likely N-dealkylation sites (tertiary alicyclic amines) is 1. The van der Waals surface area contributed by atoms with E-state index >= 15 is 0 Å². The zero-order valence-corrected chi connectivity index (χ0v) is 16.8. The Morgan fingerprint density at radius 3 is 2.42 bits per heavy atom. The van der Waals surface area contributed by atoms with Crippen LogP contribution in [0.3, 0.4) is 0 Å². The third kappa shape index (κ3) is 3.64. The van der Waals surface area contributed by atoms with E-state index in [-0.39, 0.29) is 42.2 Å². The molecule has 1 aromatic rings. The number of hydrogen-bond donors (Lipinski definition) is 2. The van der Waals surface area contributed by atoms with E-state index < -0.39 is 0 Å². The van der Waals surface area contributed by atoms with Crippen molar-refractivity contribution < 1.29 is 9.59 Å². The Morgan fingerprint density at radius 1 is 1.15 bits per heavy atom. The summed E-state index contributed by atoms with van der Waals surface area (Å²) < 4.78 is 0. The molecule has 2 amide bonds. The van der Waals surface area contributed by atoms with Crippen LogP contribution in [0.4, 0.5) is 0 Å². The van der Waals surface area contributed by atoms with Crippen LogP contribution in [-0.2, 0) is 4.79 Å². The van der Waals surface area contributed by atoms with E-state index in [0.29, 0.717) is 11.8 Å². The summed E-state index contributed by atoms with van der Waals surface area (Å²) in [4.78, 5) is 29.1. The topological polar surface area (TPSA) is 75.4 Å². The zero-order valence-electron chi connectivity index (χ0n) is 15.1. The number of thiophene rings is 1. The van der Waals surface area contributed by atoms with Gasteiger partial charge in [-0.2, -0.15) is 0 Å². The van der Waals surface area contributed by atoms with Gasteiger partial charge in [-0.1, -0.05) is 0 Å². The number of carbonyl (C=O) groups is 2. The smallest absolute Gasteiger partial charge is 0.261 e. The highest BCUT2D eigenvalue weighted by atomic mass is 35.5. The summed E-state index contributed by atoms with van der Waals surface area (Å²) in [5.41, 5.74) is 6.33. The van der Waals surface area contributed by atoms with Gasteiger partial charge in [-0.05, 0) is 63.0 Å². The highest BCUT2D eigenvalue weighted by Crippen LogP contribution is 2.48. The molecule has 0 radical (unpaired) electrons. The molecule has 1 aliphatic heterocycles. The number of nitrogens with one attached hydrogen (secondary N) is 1. The molecule has 2 bridgehead atoms. The van der Waals surface area contributed by atoms with Crippen molar-refractivity contribution in [2.75, 3.05) is 13.1 Å². The minimum atomic E-state index is 0. The lowest BCUT2D eigenvalue weighted by Crippen LogP contribution is -2.51. The number of nitrogens with zero attached hydrogens (tertiary/aromatic N) is 1. The van der Waals surface area contributed by atoms with Crippen molar-refractivity contribution in [2.45, 2.75) is 51.1 Å². The minimum absolute atomic E-state index is 0. The number of hydrogen-bond acceptors (Lipinski definition) is 4. The van der Waals surface area contributed by atoms with E-state index in [2.05, 4.69) is 5.32 Å². The lowest BCUT2D eigenvalue weighted by molar-refractivity contribution is -0.138. The summed E-state index contributed by atoms with van der Waals surface area (Å²) in [5.74, 6) is 1.38. The van der Waals surface area contributed by atoms with Crippen molar-refractivity contribution in [3.8, 4) is 0 Å². The maximum atomic E-state index is 12.9. The fourth-order valence-corrected chi connectivity index (χ4v) is 5.74. The molecule has 0 spiro atoms. The highest BCUT2D eigenvalue weighted by Gasteiger charge is 2.50. The molecule has 3 N–H and O–H groups in total. The van der Waals surface area contributed by atoms with Crippen molar-refractivity contribution in [3.63, 3.8) is 0 Å². The third-order valence-electron chi connectivity index (χ3n) is 6.37. The number of amides is 2. The number of nitrogens with two attached hydrogens (primary N) is 1. The SMILES string of the molecule is Cc1ccc(C(=O)NC2CCN(C(=O)C3C4CCC(C4)C3N)CC2)s1.Cl. The van der Waals surface area contributed by atoms with Gasteiger partial charge in [0.15, 0.2) is 0 Å². The molecule has 4 atom stereocenters. The van der Waals surface area contributed by atoms with Gasteiger partial charge in [0, 0.05) is 30.1 Å². The van der Waals surface area contributed by atoms with Crippen LogP contribution >= 0.6 is 23.7 Å². The Kier molecular flexibility index (Phi) is 5.94. The maximum Gasteiger partial charge on any atom is 0.261 e. The van der Waals surface area contributed by atoms with Crippen molar-refractivity contribution in [3.05, 3.63) is 21.9 Å². The molecule has 1 aromatic heterocycles. The van der Waals surface area contributed by atoms with Crippen LogP contribution in [0.2, 0.25) is 0 Å². The average molecular weight is 398 g/mol. The van der Waals surface area contributed by atoms with E-state index in [1.165, 1.54) is 24.2 Å². The molecule has 144 valence electrons. The van der Waals surface area contributed by atoms with Crippen molar-refractivity contribution in [1.29, 1.82) is 0 Å². The molecule has 7 heteroatoms. The monoisotopic (exact) mass is 397 g/mol. The first-order valence-electron chi connectivity index (χ1n) is 9.44. The Labute approximate surface area is 165 Å². The molecule has 2 saturated carbocycles. The second kappa shape index (κ2) is 7.87. The number of fused-ring (bicyclic) bond motifs is 2. The van der Waals surface area contributed by atoms with Crippen LogP contribution in [0, 0.1) is 24.7 Å². The van der Waals surface area contributed by atoms with E-state index in [1.54, 1.807) is 0 Å². The molecule has 2 heterocycles. The van der Waals surface area contributed by atoms with Crippen LogP contribution in [0.1, 0.15) is 46.7 Å². The molecular formula is C19H28ClN3O2S. The summed E-state index contributed by atoms with van der Waals surface area (Å²) >= 11 is 1.52. The van der Waals surface area contributed by atoms with E-state index in [0.717, 1.165) is 42.1 Å². The lowest BCUT2D eigenvalue weighted by atomic mass is 9.83. The summed E-state index contributed by atoms with van der Waals surface area (Å²) in [6, 6.07) is 4.07. The first kappa shape index (κ1) is 19.6. The maximum absolute atomic E-state index is 12.9. The molecule has 1 saturated heterocycles. The van der Waals surface area contributed by atoms with Crippen LogP contribution in [-0.4, -0.2) is 41.9 Å². The summed E-state index contributed by atoms with van der Waals surface area (Å²) in [5, 5.41) is 3.12. The summed E-state index contributed by atoms with van der Waals surface area (Å²) in [7, 11) is 0. The van der Waals surface area contributed by atoms with Crippen molar-refractivity contribution in [2.24, 2.45) is 23.5 Å². The Hall–Kier alpha value is -1.11. The van der Waals surface area contributed by atoms with Gasteiger partial charge in [0.25, 0.3) is 5.91 Å². The van der Waals surface area contributed by atoms with E-state index in [4.69, 9.17) is 5.73 Å². The molecule has 4 unspecified atom stereocenters. The third-order valence-corrected chi connectivity index (χ3v) is 7.37. The minimum Gasteiger partial charge on any atom is -0.348 e. The van der Waals surface area contributed by atoms with Gasteiger partial charge < -0.3 is 16.0 Å². The van der Waals surface area contributed by atoms with Crippen molar-refractivity contribution in [1.82, 2.24) is 10.2 Å². The lowest BCUT2D eigenvalue weighted by Gasteiger charge is -2.37. The molecule has 26 heavy (non-hydrogen) atoms. The molecule has 5 nitrogen and oxygen atoms in total. The van der Waals surface area contributed by atoms with E-state index in [1.807, 2.05) is 24.0 Å². The zero-order chi connectivity index (χ0) is 17.6. The Bertz CT molecular complexity index is 669. The predicted molar refractivity (Wildman–Crippen MR) is 106 cm³/mol. The van der Waals surface area contributed by atoms with Crippen LogP contribution < -0.4 is 11.1 Å². The number of carbonyl (C=O) groups excluding carboxylic acids is 2. The number of aryl methyl sites for hydroxylation is 1. The van der Waals surface area contributed by atoms with Gasteiger partial charge in [-0.3, -0.25) is 9.59 Å². The summed E-state index contributed by atoms with van der Waals surface area (Å²) in [6.07, 6.45) is 5.17. The van der Waals surface area contributed by atoms with Gasteiger partial charge in [0.1, 0.15) is 0 Å². The number of halogens is 1. The van der Waals surface area contributed by atoms with E-state index in [9.17, 15) is 9.59 Å². The Balaban J connectivity index is 0.00000196. The van der Waals surface area contributed by atoms with Crippen molar-refractivity contribution >= 4 is 35.6 Å². The normalized spacial score (nSPS) is 30.9. The number of rotatable bonds is 3. The largest absolute Gasteiger partial charge is 0.348 e. The molecule has 3 aliphatic rings. The molecule has 2 aliphatic carbocycles. The standard InChI is InChI=1S/C19H27N3O2S.ClH/c1-11-2-5-15(25-11)18(23)21-14-6-8-22(9-7-14)19(24)16-12-3-4-13(10-12)17(16)20;/h2,5,12-14,16-17H,3-4,6-10,20H2,1H3,(H,21,23);1H. The van der Waals surface area contributed by atoms with Crippen LogP contribution in [0.5, 0.6) is 0 Å². The highest BCUT2D eigenvalue weighted by molar-refractivity contribution is 7.13. The molecule has 3 fully saturated rings. The Morgan fingerprint density at radius 2 is 1.85 bits per heavy atom. The van der Waals surface area contributed by atoms with Gasteiger partial charge in [0.05, 0.1) is 10.8 Å². The fraction of sp³-hybridized carbons (Fsp3) is 0.684. The first-order chi connectivity index (χ1) is 12.0. The van der Waals surface area contributed by atoms with Gasteiger partial charge in [-0.15, -0.1) is 23.7 Å².